The summed E-state index contributed by atoms with van der Waals surface area (Å²) in [5, 5.41) is 24.5. The molecule has 8 nitrogen and oxygen atoms in total. The van der Waals surface area contributed by atoms with Gasteiger partial charge < -0.3 is 30.3 Å². The summed E-state index contributed by atoms with van der Waals surface area (Å²) in [6.07, 6.45) is -0.610. The van der Waals surface area contributed by atoms with E-state index in [0.717, 1.165) is 16.7 Å². The Morgan fingerprint density at radius 1 is 1.00 bits per heavy atom. The number of thioether (sulfide) groups is 1. The van der Waals surface area contributed by atoms with Crippen molar-refractivity contribution in [2.75, 3.05) is 17.6 Å². The molecule has 194 valence electrons. The highest BCUT2D eigenvalue weighted by Gasteiger charge is 2.32. The van der Waals surface area contributed by atoms with Crippen LogP contribution in [0.4, 0.5) is 10.5 Å². The van der Waals surface area contributed by atoms with Crippen molar-refractivity contribution >= 4 is 29.4 Å². The lowest BCUT2D eigenvalue weighted by Crippen LogP contribution is -2.31. The molecule has 9 heteroatoms. The zero-order valence-electron chi connectivity index (χ0n) is 20.4. The molecule has 0 radical (unpaired) electrons. The molecule has 3 aromatic carbocycles. The Hall–Kier alpha value is -3.37. The Labute approximate surface area is 220 Å². The Bertz CT molecular complexity index is 1220. The molecule has 1 aliphatic rings. The topological polar surface area (TPSA) is 117 Å². The average Bonchev–Trinajstić information content (AvgIpc) is 2.92. The van der Waals surface area contributed by atoms with Crippen LogP contribution in [-0.2, 0) is 16.1 Å². The first-order valence-electron chi connectivity index (χ1n) is 12.1. The van der Waals surface area contributed by atoms with E-state index in [1.165, 1.54) is 11.8 Å². The molecule has 3 aromatic rings. The predicted molar refractivity (Wildman–Crippen MR) is 142 cm³/mol. The van der Waals surface area contributed by atoms with Crippen LogP contribution in [0.2, 0.25) is 0 Å². The van der Waals surface area contributed by atoms with Crippen LogP contribution in [0.1, 0.15) is 52.8 Å². The number of carbonyl (C=O) groups excluding carboxylic acids is 1. The minimum absolute atomic E-state index is 0.0365. The lowest BCUT2D eigenvalue weighted by molar-refractivity contribution is -0.245. The summed E-state index contributed by atoms with van der Waals surface area (Å²) in [6.45, 7) is 2.33. The Kier molecular flexibility index (Phi) is 9.19. The summed E-state index contributed by atoms with van der Waals surface area (Å²) in [7, 11) is 0. The Balaban J connectivity index is 1.56. The first kappa shape index (κ1) is 26.7. The van der Waals surface area contributed by atoms with Crippen LogP contribution in [0.25, 0.3) is 0 Å². The van der Waals surface area contributed by atoms with Crippen LogP contribution >= 0.6 is 11.8 Å². The SMILES string of the molecule is CCNC(=O)Nc1cccc([C@@H]2O[C@H](CSc3ccccc3C(=O)O)C[C@H](c3ccc(CO)cc3)O2)c1. The number of amides is 2. The molecule has 1 fully saturated rings. The number of nitrogens with one attached hydrogen (secondary N) is 2. The maximum Gasteiger partial charge on any atom is 0.336 e. The van der Waals surface area contributed by atoms with E-state index in [1.807, 2.05) is 55.5 Å². The quantitative estimate of drug-likeness (QED) is 0.280. The maximum absolute atomic E-state index is 12.0. The minimum Gasteiger partial charge on any atom is -0.478 e. The van der Waals surface area contributed by atoms with Gasteiger partial charge in [0.15, 0.2) is 6.29 Å². The molecular formula is C28H30N2O6S. The lowest BCUT2D eigenvalue weighted by atomic mass is 10.0. The van der Waals surface area contributed by atoms with E-state index in [-0.39, 0.29) is 30.4 Å². The lowest BCUT2D eigenvalue weighted by Gasteiger charge is -2.36. The highest BCUT2D eigenvalue weighted by molar-refractivity contribution is 7.99. The summed E-state index contributed by atoms with van der Waals surface area (Å²) in [6, 6.07) is 21.6. The molecule has 1 heterocycles. The van der Waals surface area contributed by atoms with Crippen LogP contribution < -0.4 is 10.6 Å². The summed E-state index contributed by atoms with van der Waals surface area (Å²) in [4.78, 5) is 24.3. The minimum atomic E-state index is -0.966. The molecule has 0 aromatic heterocycles. The van der Waals surface area contributed by atoms with Crippen molar-refractivity contribution in [1.82, 2.24) is 5.32 Å². The molecule has 0 saturated carbocycles. The van der Waals surface area contributed by atoms with Crippen molar-refractivity contribution in [3.63, 3.8) is 0 Å². The van der Waals surface area contributed by atoms with Gasteiger partial charge >= 0.3 is 12.0 Å². The van der Waals surface area contributed by atoms with Crippen molar-refractivity contribution in [2.24, 2.45) is 0 Å². The van der Waals surface area contributed by atoms with Gasteiger partial charge in [0, 0.05) is 34.9 Å². The van der Waals surface area contributed by atoms with Crippen molar-refractivity contribution in [3.05, 3.63) is 95.1 Å². The summed E-state index contributed by atoms with van der Waals surface area (Å²) in [5.41, 5.74) is 3.41. The van der Waals surface area contributed by atoms with Crippen LogP contribution in [0.5, 0.6) is 0 Å². The third-order valence-electron chi connectivity index (χ3n) is 5.91. The number of carbonyl (C=O) groups is 2. The summed E-state index contributed by atoms with van der Waals surface area (Å²) in [5.74, 6) is -0.432. The van der Waals surface area contributed by atoms with Crippen LogP contribution in [0.15, 0.2) is 77.7 Å². The van der Waals surface area contributed by atoms with Crippen molar-refractivity contribution in [3.8, 4) is 0 Å². The second-order valence-electron chi connectivity index (χ2n) is 8.57. The van der Waals surface area contributed by atoms with Crippen molar-refractivity contribution < 1.29 is 29.3 Å². The normalized spacial score (nSPS) is 19.2. The van der Waals surface area contributed by atoms with Gasteiger partial charge in [-0.25, -0.2) is 9.59 Å². The average molecular weight is 523 g/mol. The maximum atomic E-state index is 12.0. The molecule has 37 heavy (non-hydrogen) atoms. The van der Waals surface area contributed by atoms with Gasteiger partial charge in [-0.15, -0.1) is 11.8 Å². The van der Waals surface area contributed by atoms with E-state index >= 15 is 0 Å². The highest BCUT2D eigenvalue weighted by Crippen LogP contribution is 2.40. The third kappa shape index (κ3) is 7.11. The van der Waals surface area contributed by atoms with Gasteiger partial charge in [-0.05, 0) is 42.3 Å². The van der Waals surface area contributed by atoms with Gasteiger partial charge in [0.05, 0.1) is 24.4 Å². The highest BCUT2D eigenvalue weighted by atomic mass is 32.2. The van der Waals surface area contributed by atoms with E-state index in [4.69, 9.17) is 9.47 Å². The molecule has 3 atom stereocenters. The number of aliphatic hydroxyl groups is 1. The standard InChI is InChI=1S/C28H30N2O6S/c1-2-29-28(34)30-21-7-5-6-20(14-21)27-35-22(17-37-25-9-4-3-8-23(25)26(32)33)15-24(36-27)19-12-10-18(16-31)11-13-19/h3-14,22,24,27,31H,2,15-17H2,1H3,(H,32,33)(H2,29,30,34)/t22-,24+,27+/m0/s1. The fraction of sp³-hybridized carbons (Fsp3) is 0.286. The molecular weight excluding hydrogens is 492 g/mol. The number of aromatic carboxylic acids is 1. The zero-order chi connectivity index (χ0) is 26.2. The Morgan fingerprint density at radius 2 is 1.78 bits per heavy atom. The summed E-state index contributed by atoms with van der Waals surface area (Å²) >= 11 is 1.44. The number of urea groups is 1. The van der Waals surface area contributed by atoms with Gasteiger partial charge in [0.2, 0.25) is 0 Å². The first-order chi connectivity index (χ1) is 18.0. The van der Waals surface area contributed by atoms with E-state index < -0.39 is 12.3 Å². The number of anilines is 1. The third-order valence-corrected chi connectivity index (χ3v) is 7.12. The van der Waals surface area contributed by atoms with Gasteiger partial charge in [0.1, 0.15) is 0 Å². The van der Waals surface area contributed by atoms with Crippen LogP contribution in [0, 0.1) is 0 Å². The molecule has 1 aliphatic heterocycles. The number of benzene rings is 3. The van der Waals surface area contributed by atoms with E-state index in [0.29, 0.717) is 29.3 Å². The molecule has 1 saturated heterocycles. The summed E-state index contributed by atoms with van der Waals surface area (Å²) < 4.78 is 12.7. The zero-order valence-corrected chi connectivity index (χ0v) is 21.2. The van der Waals surface area contributed by atoms with E-state index in [9.17, 15) is 19.8 Å². The van der Waals surface area contributed by atoms with E-state index in [1.54, 1.807) is 24.3 Å². The second kappa shape index (κ2) is 12.7. The Morgan fingerprint density at radius 3 is 2.51 bits per heavy atom. The number of hydrogen-bond donors (Lipinski definition) is 4. The molecule has 4 rings (SSSR count). The van der Waals surface area contributed by atoms with Crippen LogP contribution in [0.3, 0.4) is 0 Å². The molecule has 0 bridgehead atoms. The molecule has 0 unspecified atom stereocenters. The van der Waals surface area contributed by atoms with Crippen LogP contribution in [-0.4, -0.2) is 40.6 Å². The van der Waals surface area contributed by atoms with Gasteiger partial charge in [-0.1, -0.05) is 48.5 Å². The van der Waals surface area contributed by atoms with Gasteiger partial charge in [-0.3, -0.25) is 0 Å². The first-order valence-corrected chi connectivity index (χ1v) is 13.1. The number of hydrogen-bond acceptors (Lipinski definition) is 6. The number of carboxylic acid groups (broad SMARTS) is 1. The molecule has 2 amide bonds. The number of rotatable bonds is 9. The molecule has 0 aliphatic carbocycles. The number of ether oxygens (including phenoxy) is 2. The fourth-order valence-electron chi connectivity index (χ4n) is 4.07. The number of carboxylic acids is 1. The van der Waals surface area contributed by atoms with Gasteiger partial charge in [-0.2, -0.15) is 0 Å². The van der Waals surface area contributed by atoms with E-state index in [2.05, 4.69) is 10.6 Å². The second-order valence-corrected chi connectivity index (χ2v) is 9.63. The van der Waals surface area contributed by atoms with Crippen molar-refractivity contribution in [2.45, 2.75) is 43.3 Å². The van der Waals surface area contributed by atoms with Crippen molar-refractivity contribution in [1.29, 1.82) is 0 Å². The molecule has 4 N–H and O–H groups in total. The smallest absolute Gasteiger partial charge is 0.336 e. The predicted octanol–water partition coefficient (Wildman–Crippen LogP) is 5.36. The monoisotopic (exact) mass is 522 g/mol. The largest absolute Gasteiger partial charge is 0.478 e. The number of aliphatic hydroxyl groups excluding tert-OH is 1. The van der Waals surface area contributed by atoms with Gasteiger partial charge in [0.25, 0.3) is 0 Å². The molecule has 0 spiro atoms. The fourth-order valence-corrected chi connectivity index (χ4v) is 5.14.